The first-order valence-electron chi connectivity index (χ1n) is 9.26. The van der Waals surface area contributed by atoms with Crippen LogP contribution in [0.3, 0.4) is 0 Å². The van der Waals surface area contributed by atoms with E-state index in [1.807, 2.05) is 0 Å². The van der Waals surface area contributed by atoms with Crippen LogP contribution in [0.5, 0.6) is 0 Å². The van der Waals surface area contributed by atoms with Crippen LogP contribution in [0.15, 0.2) is 30.3 Å². The van der Waals surface area contributed by atoms with Crippen molar-refractivity contribution in [1.82, 2.24) is 4.90 Å². The van der Waals surface area contributed by atoms with Gasteiger partial charge in [-0.05, 0) is 104 Å². The molecule has 3 unspecified atom stereocenters. The molecule has 0 bridgehead atoms. The van der Waals surface area contributed by atoms with Crippen LogP contribution in [0.2, 0.25) is 0 Å². The van der Waals surface area contributed by atoms with Crippen LogP contribution in [0.25, 0.3) is 0 Å². The molecule has 1 N–H and O–H groups in total. The highest BCUT2D eigenvalue weighted by molar-refractivity contribution is 5.53. The van der Waals surface area contributed by atoms with Crippen molar-refractivity contribution in [3.05, 3.63) is 69.8 Å². The number of rotatable bonds is 2. The van der Waals surface area contributed by atoms with E-state index in [2.05, 4.69) is 19.0 Å². The first-order valence-corrected chi connectivity index (χ1v) is 9.26. The zero-order valence-electron chi connectivity index (χ0n) is 15.5. The molecule has 0 fully saturated rings. The van der Waals surface area contributed by atoms with E-state index in [0.717, 1.165) is 36.1 Å². The molecule has 0 saturated heterocycles. The lowest BCUT2D eigenvalue weighted by atomic mass is 9.70. The fourth-order valence-electron chi connectivity index (χ4n) is 5.04. The van der Waals surface area contributed by atoms with Crippen molar-refractivity contribution < 1.29 is 13.9 Å². The van der Waals surface area contributed by atoms with E-state index in [4.69, 9.17) is 0 Å². The Labute approximate surface area is 153 Å². The summed E-state index contributed by atoms with van der Waals surface area (Å²) in [6.45, 7) is 2.63. The fraction of sp³-hybridized carbons (Fsp3) is 0.455. The molecule has 2 aliphatic carbocycles. The highest BCUT2D eigenvalue weighted by atomic mass is 19.1. The largest absolute Gasteiger partial charge is 0.381 e. The molecular formula is C22H25F2NO. The second kappa shape index (κ2) is 6.14. The summed E-state index contributed by atoms with van der Waals surface area (Å²) < 4.78 is 28.3. The maximum Gasteiger partial charge on any atom is 0.123 e. The number of hydrogen-bond acceptors (Lipinski definition) is 2. The lowest BCUT2D eigenvalue weighted by Gasteiger charge is -2.37. The van der Waals surface area contributed by atoms with Gasteiger partial charge in [0.25, 0.3) is 0 Å². The molecule has 26 heavy (non-hydrogen) atoms. The molecule has 138 valence electrons. The molecule has 0 heterocycles. The van der Waals surface area contributed by atoms with E-state index in [0.29, 0.717) is 23.5 Å². The van der Waals surface area contributed by atoms with Gasteiger partial charge in [-0.1, -0.05) is 6.07 Å². The SMILES string of the molecule is CN(C)CC1CCc2cc(F)cc3c2C1Cc1cc(F)ccc1C3(C)O. The Morgan fingerprint density at radius 2 is 1.81 bits per heavy atom. The molecular weight excluding hydrogens is 332 g/mol. The predicted molar refractivity (Wildman–Crippen MR) is 98.3 cm³/mol. The maximum absolute atomic E-state index is 14.3. The summed E-state index contributed by atoms with van der Waals surface area (Å²) in [7, 11) is 4.11. The summed E-state index contributed by atoms with van der Waals surface area (Å²) in [6, 6.07) is 7.66. The molecule has 0 amide bonds. The number of fused-ring (bicyclic) bond motifs is 1. The molecule has 2 aliphatic rings. The average Bonchev–Trinajstić information content (AvgIpc) is 2.64. The molecule has 2 nitrogen and oxygen atoms in total. The summed E-state index contributed by atoms with van der Waals surface area (Å²) in [5.74, 6) is -0.0516. The molecule has 2 aromatic rings. The Morgan fingerprint density at radius 1 is 1.08 bits per heavy atom. The second-order valence-corrected chi connectivity index (χ2v) is 8.27. The van der Waals surface area contributed by atoms with Crippen molar-refractivity contribution in [1.29, 1.82) is 0 Å². The topological polar surface area (TPSA) is 23.5 Å². The smallest absolute Gasteiger partial charge is 0.123 e. The van der Waals surface area contributed by atoms with Crippen LogP contribution in [0, 0.1) is 17.6 Å². The van der Waals surface area contributed by atoms with Gasteiger partial charge in [0.05, 0.1) is 0 Å². The highest BCUT2D eigenvalue weighted by Crippen LogP contribution is 2.49. The number of aliphatic hydroxyl groups is 1. The van der Waals surface area contributed by atoms with E-state index in [-0.39, 0.29) is 17.6 Å². The third kappa shape index (κ3) is 2.76. The van der Waals surface area contributed by atoms with Crippen molar-refractivity contribution in [3.63, 3.8) is 0 Å². The minimum Gasteiger partial charge on any atom is -0.381 e. The van der Waals surface area contributed by atoms with Crippen LogP contribution in [0.4, 0.5) is 8.78 Å². The molecule has 3 atom stereocenters. The number of nitrogens with zero attached hydrogens (tertiary/aromatic N) is 1. The number of aryl methyl sites for hydroxylation is 1. The van der Waals surface area contributed by atoms with Crippen molar-refractivity contribution >= 4 is 0 Å². The molecule has 4 heteroatoms. The van der Waals surface area contributed by atoms with Gasteiger partial charge in [-0.25, -0.2) is 8.78 Å². The van der Waals surface area contributed by atoms with E-state index in [1.54, 1.807) is 19.1 Å². The first kappa shape index (κ1) is 17.6. The number of hydrogen-bond donors (Lipinski definition) is 1. The van der Waals surface area contributed by atoms with E-state index in [9.17, 15) is 13.9 Å². The van der Waals surface area contributed by atoms with Crippen LogP contribution in [-0.4, -0.2) is 30.6 Å². The zero-order chi connectivity index (χ0) is 18.6. The Kier molecular flexibility index (Phi) is 4.16. The quantitative estimate of drug-likeness (QED) is 0.879. The second-order valence-electron chi connectivity index (χ2n) is 8.27. The van der Waals surface area contributed by atoms with Gasteiger partial charge in [0.15, 0.2) is 0 Å². The van der Waals surface area contributed by atoms with Crippen LogP contribution in [0.1, 0.15) is 47.1 Å². The maximum atomic E-state index is 14.3. The third-order valence-electron chi connectivity index (χ3n) is 6.11. The van der Waals surface area contributed by atoms with E-state index in [1.165, 1.54) is 18.2 Å². The van der Waals surface area contributed by atoms with Crippen LogP contribution >= 0.6 is 0 Å². The fourth-order valence-corrected chi connectivity index (χ4v) is 5.04. The summed E-state index contributed by atoms with van der Waals surface area (Å²) in [4.78, 5) is 2.17. The van der Waals surface area contributed by atoms with Crippen molar-refractivity contribution in [2.24, 2.45) is 5.92 Å². The predicted octanol–water partition coefficient (Wildman–Crippen LogP) is 3.98. The van der Waals surface area contributed by atoms with Gasteiger partial charge in [-0.15, -0.1) is 0 Å². The minimum atomic E-state index is -1.33. The minimum absolute atomic E-state index is 0.159. The molecule has 0 radical (unpaired) electrons. The lowest BCUT2D eigenvalue weighted by molar-refractivity contribution is 0.100. The van der Waals surface area contributed by atoms with Gasteiger partial charge < -0.3 is 10.0 Å². The number of benzene rings is 2. The van der Waals surface area contributed by atoms with Gasteiger partial charge in [-0.2, -0.15) is 0 Å². The van der Waals surface area contributed by atoms with E-state index >= 15 is 0 Å². The molecule has 0 aliphatic heterocycles. The summed E-state index contributed by atoms with van der Waals surface area (Å²) in [5.41, 5.74) is 2.90. The lowest BCUT2D eigenvalue weighted by Crippen LogP contribution is -2.33. The summed E-state index contributed by atoms with van der Waals surface area (Å²) >= 11 is 0. The van der Waals surface area contributed by atoms with Crippen LogP contribution < -0.4 is 0 Å². The normalized spacial score (nSPS) is 27.0. The molecule has 0 spiro atoms. The van der Waals surface area contributed by atoms with Gasteiger partial charge in [0, 0.05) is 6.54 Å². The van der Waals surface area contributed by atoms with E-state index < -0.39 is 5.60 Å². The summed E-state index contributed by atoms with van der Waals surface area (Å²) in [6.07, 6.45) is 2.47. The summed E-state index contributed by atoms with van der Waals surface area (Å²) in [5, 5.41) is 11.4. The molecule has 0 aromatic heterocycles. The average molecular weight is 357 g/mol. The van der Waals surface area contributed by atoms with Crippen LogP contribution in [-0.2, 0) is 18.4 Å². The Hall–Kier alpha value is -1.78. The van der Waals surface area contributed by atoms with Gasteiger partial charge in [0.2, 0.25) is 0 Å². The van der Waals surface area contributed by atoms with Gasteiger partial charge in [0.1, 0.15) is 17.2 Å². The number of halogens is 2. The molecule has 4 rings (SSSR count). The van der Waals surface area contributed by atoms with Crippen molar-refractivity contribution in [2.45, 2.75) is 37.7 Å². The Balaban J connectivity index is 1.97. The van der Waals surface area contributed by atoms with Gasteiger partial charge in [-0.3, -0.25) is 0 Å². The monoisotopic (exact) mass is 357 g/mol. The van der Waals surface area contributed by atoms with Crippen molar-refractivity contribution in [2.75, 3.05) is 20.6 Å². The van der Waals surface area contributed by atoms with Gasteiger partial charge >= 0.3 is 0 Å². The van der Waals surface area contributed by atoms with Crippen molar-refractivity contribution in [3.8, 4) is 0 Å². The molecule has 2 aromatic carbocycles. The Morgan fingerprint density at radius 3 is 2.54 bits per heavy atom. The highest BCUT2D eigenvalue weighted by Gasteiger charge is 2.42. The first-order chi connectivity index (χ1) is 12.3. The standard InChI is InChI=1S/C22H25F2NO/c1-22(26)19-7-6-16(23)9-15(19)10-18-14(12-25(2)3)5-4-13-8-17(24)11-20(22)21(13)18/h6-9,11,14,18,26H,4-5,10,12H2,1-3H3. The Bertz CT molecular complexity index is 859. The molecule has 0 saturated carbocycles. The third-order valence-corrected chi connectivity index (χ3v) is 6.11. The zero-order valence-corrected chi connectivity index (χ0v) is 15.5.